The van der Waals surface area contributed by atoms with Gasteiger partial charge in [-0.1, -0.05) is 31.4 Å². The van der Waals surface area contributed by atoms with Gasteiger partial charge < -0.3 is 9.84 Å². The van der Waals surface area contributed by atoms with Crippen molar-refractivity contribution in [2.75, 3.05) is 0 Å². The van der Waals surface area contributed by atoms with Crippen LogP contribution in [0.1, 0.15) is 39.3 Å². The predicted molar refractivity (Wildman–Crippen MR) is 93.6 cm³/mol. The lowest BCUT2D eigenvalue weighted by atomic mass is 9.80. The lowest BCUT2D eigenvalue weighted by Crippen LogP contribution is -2.43. The quantitative estimate of drug-likeness (QED) is 0.681. The van der Waals surface area contributed by atoms with Crippen LogP contribution in [-0.2, 0) is 9.59 Å². The number of carboxylic acids is 1. The largest absolute Gasteiger partial charge is 0.481 e. The minimum Gasteiger partial charge on any atom is -0.481 e. The second-order valence-corrected chi connectivity index (χ2v) is 6.48. The standard InChI is InChI=1S/C18H21ClN2O4/c1-3-4-9-18(2,17(23)24)15(22)16(21-11-10-20-12-21)25-14-7-5-13(19)6-8-14/h5-8,10-12,16H,3-4,9H2,1-2H3,(H,23,24). The molecule has 0 bridgehead atoms. The van der Waals surface area contributed by atoms with Crippen molar-refractivity contribution in [1.82, 2.24) is 9.55 Å². The van der Waals surface area contributed by atoms with Crippen molar-refractivity contribution in [3.8, 4) is 5.75 Å². The number of hydrogen-bond donors (Lipinski definition) is 1. The zero-order valence-electron chi connectivity index (χ0n) is 14.2. The van der Waals surface area contributed by atoms with Gasteiger partial charge in [0.05, 0.1) is 6.33 Å². The van der Waals surface area contributed by atoms with Gasteiger partial charge in [0.25, 0.3) is 0 Å². The normalized spacial score (nSPS) is 14.5. The average molecular weight is 365 g/mol. The molecule has 134 valence electrons. The summed E-state index contributed by atoms with van der Waals surface area (Å²) < 4.78 is 7.27. The number of carbonyl (C=O) groups excluding carboxylic acids is 1. The summed E-state index contributed by atoms with van der Waals surface area (Å²) in [6.07, 6.45) is 5.06. The second-order valence-electron chi connectivity index (χ2n) is 6.04. The molecule has 0 aliphatic rings. The van der Waals surface area contributed by atoms with Gasteiger partial charge in [0, 0.05) is 17.4 Å². The molecule has 7 heteroatoms. The molecule has 2 unspecified atom stereocenters. The monoisotopic (exact) mass is 364 g/mol. The molecule has 0 aliphatic heterocycles. The molecule has 1 aromatic heterocycles. The van der Waals surface area contributed by atoms with Crippen molar-refractivity contribution in [2.24, 2.45) is 5.41 Å². The Labute approximate surface area is 151 Å². The van der Waals surface area contributed by atoms with E-state index in [4.69, 9.17) is 16.3 Å². The second kappa shape index (κ2) is 8.16. The summed E-state index contributed by atoms with van der Waals surface area (Å²) >= 11 is 5.87. The molecule has 0 fully saturated rings. The molecule has 2 rings (SSSR count). The smallest absolute Gasteiger partial charge is 0.317 e. The van der Waals surface area contributed by atoms with Crippen molar-refractivity contribution in [3.05, 3.63) is 48.0 Å². The van der Waals surface area contributed by atoms with Crippen LogP contribution in [0.4, 0.5) is 0 Å². The van der Waals surface area contributed by atoms with Gasteiger partial charge in [-0.2, -0.15) is 0 Å². The van der Waals surface area contributed by atoms with Gasteiger partial charge >= 0.3 is 5.97 Å². The maximum Gasteiger partial charge on any atom is 0.317 e. The third-order valence-corrected chi connectivity index (χ3v) is 4.38. The van der Waals surface area contributed by atoms with E-state index in [1.807, 2.05) is 6.92 Å². The van der Waals surface area contributed by atoms with Gasteiger partial charge in [0.15, 0.2) is 0 Å². The molecule has 6 nitrogen and oxygen atoms in total. The van der Waals surface area contributed by atoms with E-state index in [2.05, 4.69) is 4.98 Å². The van der Waals surface area contributed by atoms with Crippen LogP contribution in [0, 0.1) is 5.41 Å². The summed E-state index contributed by atoms with van der Waals surface area (Å²) in [7, 11) is 0. The minimum absolute atomic E-state index is 0.243. The molecule has 25 heavy (non-hydrogen) atoms. The Balaban J connectivity index is 2.35. The first-order chi connectivity index (χ1) is 11.9. The molecule has 1 N–H and O–H groups in total. The van der Waals surface area contributed by atoms with Crippen LogP contribution >= 0.6 is 11.6 Å². The molecule has 0 radical (unpaired) electrons. The summed E-state index contributed by atoms with van der Waals surface area (Å²) in [6, 6.07) is 6.53. The van der Waals surface area contributed by atoms with Crippen molar-refractivity contribution in [1.29, 1.82) is 0 Å². The predicted octanol–water partition coefficient (Wildman–Crippen LogP) is 3.96. The zero-order chi connectivity index (χ0) is 18.4. The third-order valence-electron chi connectivity index (χ3n) is 4.13. The van der Waals surface area contributed by atoms with Crippen LogP contribution in [-0.4, -0.2) is 26.4 Å². The number of imidazole rings is 1. The lowest BCUT2D eigenvalue weighted by molar-refractivity contribution is -0.159. The first-order valence-corrected chi connectivity index (χ1v) is 8.43. The molecular weight excluding hydrogens is 344 g/mol. The first kappa shape index (κ1) is 19.0. The Bertz CT molecular complexity index is 715. The fraction of sp³-hybridized carbons (Fsp3) is 0.389. The Hall–Kier alpha value is -2.34. The highest BCUT2D eigenvalue weighted by Gasteiger charge is 2.45. The molecule has 2 aromatic rings. The van der Waals surface area contributed by atoms with E-state index in [0.29, 0.717) is 17.2 Å². The molecule has 0 saturated heterocycles. The van der Waals surface area contributed by atoms with E-state index in [0.717, 1.165) is 6.42 Å². The van der Waals surface area contributed by atoms with Gasteiger partial charge in [-0.15, -0.1) is 0 Å². The highest BCUT2D eigenvalue weighted by atomic mass is 35.5. The Morgan fingerprint density at radius 1 is 1.36 bits per heavy atom. The number of aliphatic carboxylic acids is 1. The van der Waals surface area contributed by atoms with Crippen molar-refractivity contribution in [3.63, 3.8) is 0 Å². The Morgan fingerprint density at radius 2 is 2.04 bits per heavy atom. The van der Waals surface area contributed by atoms with E-state index in [-0.39, 0.29) is 6.42 Å². The fourth-order valence-corrected chi connectivity index (χ4v) is 2.56. The van der Waals surface area contributed by atoms with E-state index in [1.54, 1.807) is 30.5 Å². The molecule has 2 atom stereocenters. The SMILES string of the molecule is CCCCC(C)(C(=O)O)C(=O)C(Oc1ccc(Cl)cc1)n1ccnc1. The number of ether oxygens (including phenoxy) is 1. The molecule has 0 amide bonds. The van der Waals surface area contributed by atoms with Crippen molar-refractivity contribution < 1.29 is 19.4 Å². The maximum atomic E-state index is 13.1. The number of hydrogen-bond acceptors (Lipinski definition) is 4. The van der Waals surface area contributed by atoms with Gasteiger partial charge in [-0.25, -0.2) is 4.98 Å². The summed E-state index contributed by atoms with van der Waals surface area (Å²) in [4.78, 5) is 28.9. The average Bonchev–Trinajstić information content (AvgIpc) is 3.12. The number of unbranched alkanes of at least 4 members (excludes halogenated alkanes) is 1. The van der Waals surface area contributed by atoms with Crippen molar-refractivity contribution >= 4 is 23.4 Å². The van der Waals surface area contributed by atoms with E-state index in [1.165, 1.54) is 24.0 Å². The van der Waals surface area contributed by atoms with Crippen LogP contribution < -0.4 is 4.74 Å². The topological polar surface area (TPSA) is 81.4 Å². The summed E-state index contributed by atoms with van der Waals surface area (Å²) in [6.45, 7) is 3.40. The van der Waals surface area contributed by atoms with Crippen LogP contribution in [0.3, 0.4) is 0 Å². The summed E-state index contributed by atoms with van der Waals surface area (Å²) in [5.41, 5.74) is -1.54. The van der Waals surface area contributed by atoms with Gasteiger partial charge in [0.2, 0.25) is 12.0 Å². The lowest BCUT2D eigenvalue weighted by Gasteiger charge is -2.29. The molecule has 0 spiro atoms. The molecular formula is C18H21ClN2O4. The number of carboxylic acid groups (broad SMARTS) is 1. The van der Waals surface area contributed by atoms with Crippen LogP contribution in [0.25, 0.3) is 0 Å². The number of rotatable bonds is 9. The van der Waals surface area contributed by atoms with Gasteiger partial charge in [-0.05, 0) is 37.6 Å². The summed E-state index contributed by atoms with van der Waals surface area (Å²) in [5, 5.41) is 10.2. The van der Waals surface area contributed by atoms with Crippen molar-refractivity contribution in [2.45, 2.75) is 39.3 Å². The number of benzene rings is 1. The van der Waals surface area contributed by atoms with Crippen LogP contribution in [0.5, 0.6) is 5.75 Å². The number of carbonyl (C=O) groups is 2. The molecule has 1 heterocycles. The number of halogens is 1. The van der Waals surface area contributed by atoms with Gasteiger partial charge in [0.1, 0.15) is 11.2 Å². The molecule has 1 aromatic carbocycles. The zero-order valence-corrected chi connectivity index (χ0v) is 14.9. The third kappa shape index (κ3) is 4.39. The van der Waals surface area contributed by atoms with E-state index in [9.17, 15) is 14.7 Å². The fourth-order valence-electron chi connectivity index (χ4n) is 2.44. The first-order valence-electron chi connectivity index (χ1n) is 8.06. The number of Topliss-reactive ketones (excluding diaryl/α,β-unsaturated/α-hetero) is 1. The molecule has 0 saturated carbocycles. The summed E-state index contributed by atoms with van der Waals surface area (Å²) in [5.74, 6) is -1.27. The van der Waals surface area contributed by atoms with E-state index < -0.39 is 23.4 Å². The number of nitrogens with zero attached hydrogens (tertiary/aromatic N) is 2. The minimum atomic E-state index is -1.54. The van der Waals surface area contributed by atoms with Crippen LogP contribution in [0.15, 0.2) is 43.0 Å². The van der Waals surface area contributed by atoms with Crippen LogP contribution in [0.2, 0.25) is 5.02 Å². The van der Waals surface area contributed by atoms with Gasteiger partial charge in [-0.3, -0.25) is 14.2 Å². The maximum absolute atomic E-state index is 13.1. The number of aromatic nitrogens is 2. The number of ketones is 1. The molecule has 0 aliphatic carbocycles. The highest BCUT2D eigenvalue weighted by molar-refractivity contribution is 6.30. The van der Waals surface area contributed by atoms with E-state index >= 15 is 0 Å². The Kier molecular flexibility index (Phi) is 6.20. The Morgan fingerprint density at radius 3 is 2.56 bits per heavy atom. The highest BCUT2D eigenvalue weighted by Crippen LogP contribution is 2.32.